The molecule has 152 valence electrons. The average molecular weight is 392 g/mol. The van der Waals surface area contributed by atoms with Gasteiger partial charge in [-0.2, -0.15) is 0 Å². The van der Waals surface area contributed by atoms with Crippen LogP contribution in [0.5, 0.6) is 5.75 Å². The molecule has 2 aliphatic heterocycles. The second-order valence-electron chi connectivity index (χ2n) is 8.75. The Hall–Kier alpha value is -2.82. The molecule has 0 aliphatic carbocycles. The number of fused-ring (bicyclic) bond motifs is 1. The van der Waals surface area contributed by atoms with E-state index in [0.717, 1.165) is 35.4 Å². The zero-order valence-corrected chi connectivity index (χ0v) is 17.3. The summed E-state index contributed by atoms with van der Waals surface area (Å²) < 4.78 is 6.10. The van der Waals surface area contributed by atoms with Gasteiger partial charge >= 0.3 is 0 Å². The first-order valence-electron chi connectivity index (χ1n) is 10.3. The van der Waals surface area contributed by atoms with Gasteiger partial charge in [0, 0.05) is 37.1 Å². The Balaban J connectivity index is 1.48. The Kier molecular flexibility index (Phi) is 5.07. The summed E-state index contributed by atoms with van der Waals surface area (Å²) in [5, 5.41) is 3.19. The van der Waals surface area contributed by atoms with E-state index in [4.69, 9.17) is 4.74 Å². The van der Waals surface area contributed by atoms with Crippen LogP contribution >= 0.6 is 0 Å². The predicted octanol–water partition coefficient (Wildman–Crippen LogP) is 4.15. The van der Waals surface area contributed by atoms with Crippen molar-refractivity contribution in [1.82, 2.24) is 10.2 Å². The molecule has 2 aromatic carbocycles. The summed E-state index contributed by atoms with van der Waals surface area (Å²) in [6.45, 7) is 7.57. The van der Waals surface area contributed by atoms with Crippen molar-refractivity contribution < 1.29 is 14.3 Å². The lowest BCUT2D eigenvalue weighted by atomic mass is 9.88. The number of benzene rings is 2. The summed E-state index contributed by atoms with van der Waals surface area (Å²) in [6, 6.07) is 13.6. The van der Waals surface area contributed by atoms with Crippen molar-refractivity contribution in [1.29, 1.82) is 0 Å². The summed E-state index contributed by atoms with van der Waals surface area (Å²) in [5.74, 6) is 0.953. The molecule has 0 saturated carbocycles. The molecule has 29 heavy (non-hydrogen) atoms. The largest absolute Gasteiger partial charge is 0.487 e. The molecule has 5 heteroatoms. The lowest BCUT2D eigenvalue weighted by molar-refractivity contribution is -0.128. The standard InChI is InChI=1S/C24H28N2O3/c1-16-6-11-21-19(13-16)20(14-24(2,3)29-21)25-23(28)18-9-7-17(8-10-18)15-26-12-4-5-22(26)27/h6-11,13,20H,4-5,12,14-15H2,1-3H3,(H,25,28)/t20-/m1/s1. The van der Waals surface area contributed by atoms with Gasteiger partial charge in [0.1, 0.15) is 11.4 Å². The molecule has 2 amide bonds. The average Bonchev–Trinajstić information content (AvgIpc) is 3.07. The number of hydrogen-bond acceptors (Lipinski definition) is 3. The van der Waals surface area contributed by atoms with Gasteiger partial charge in [0.05, 0.1) is 6.04 Å². The van der Waals surface area contributed by atoms with Crippen molar-refractivity contribution in [3.8, 4) is 5.75 Å². The molecule has 4 rings (SSSR count). The van der Waals surface area contributed by atoms with Gasteiger partial charge in [0.2, 0.25) is 5.91 Å². The number of aryl methyl sites for hydroxylation is 1. The first kappa shape index (κ1) is 19.5. The molecule has 1 atom stereocenters. The van der Waals surface area contributed by atoms with Crippen LogP contribution in [0.2, 0.25) is 0 Å². The normalized spacial score (nSPS) is 20.2. The van der Waals surface area contributed by atoms with Gasteiger partial charge in [0.25, 0.3) is 5.91 Å². The number of carbonyl (C=O) groups excluding carboxylic acids is 2. The van der Waals surface area contributed by atoms with Crippen LogP contribution in [0.3, 0.4) is 0 Å². The fourth-order valence-electron chi connectivity index (χ4n) is 4.20. The van der Waals surface area contributed by atoms with Gasteiger partial charge < -0.3 is 15.0 Å². The maximum atomic E-state index is 12.9. The molecule has 1 saturated heterocycles. The fourth-order valence-corrected chi connectivity index (χ4v) is 4.20. The third-order valence-electron chi connectivity index (χ3n) is 5.69. The molecule has 0 spiro atoms. The fraction of sp³-hybridized carbons (Fsp3) is 0.417. The van der Waals surface area contributed by atoms with E-state index < -0.39 is 0 Å². The van der Waals surface area contributed by atoms with Crippen molar-refractivity contribution in [2.75, 3.05) is 6.54 Å². The summed E-state index contributed by atoms with van der Waals surface area (Å²) in [6.07, 6.45) is 2.29. The SMILES string of the molecule is Cc1ccc2c(c1)[C@H](NC(=O)c1ccc(CN3CCCC3=O)cc1)CC(C)(C)O2. The van der Waals surface area contributed by atoms with Gasteiger partial charge in [-0.05, 0) is 51.0 Å². The zero-order valence-electron chi connectivity index (χ0n) is 17.3. The quantitative estimate of drug-likeness (QED) is 0.850. The number of carbonyl (C=O) groups is 2. The Morgan fingerprint density at radius 3 is 2.66 bits per heavy atom. The Morgan fingerprint density at radius 2 is 1.97 bits per heavy atom. The van der Waals surface area contributed by atoms with E-state index in [2.05, 4.69) is 11.4 Å². The topological polar surface area (TPSA) is 58.6 Å². The molecule has 0 bridgehead atoms. The van der Waals surface area contributed by atoms with Gasteiger partial charge in [-0.3, -0.25) is 9.59 Å². The van der Waals surface area contributed by atoms with E-state index in [0.29, 0.717) is 24.9 Å². The second-order valence-corrected chi connectivity index (χ2v) is 8.75. The van der Waals surface area contributed by atoms with Crippen molar-refractivity contribution >= 4 is 11.8 Å². The van der Waals surface area contributed by atoms with Crippen LogP contribution in [-0.2, 0) is 11.3 Å². The predicted molar refractivity (Wildman–Crippen MR) is 112 cm³/mol. The third-order valence-corrected chi connectivity index (χ3v) is 5.69. The Labute approximate surface area is 172 Å². The maximum absolute atomic E-state index is 12.9. The molecular formula is C24H28N2O3. The van der Waals surface area contributed by atoms with Crippen molar-refractivity contribution in [3.63, 3.8) is 0 Å². The second kappa shape index (κ2) is 7.54. The molecule has 5 nitrogen and oxygen atoms in total. The molecule has 1 N–H and O–H groups in total. The first-order valence-corrected chi connectivity index (χ1v) is 10.3. The lowest BCUT2D eigenvalue weighted by Crippen LogP contribution is -2.41. The molecule has 0 unspecified atom stereocenters. The van der Waals surface area contributed by atoms with Gasteiger partial charge in [-0.15, -0.1) is 0 Å². The highest BCUT2D eigenvalue weighted by molar-refractivity contribution is 5.94. The summed E-state index contributed by atoms with van der Waals surface area (Å²) in [7, 11) is 0. The zero-order chi connectivity index (χ0) is 20.6. The van der Waals surface area contributed by atoms with Crippen LogP contribution in [0.1, 0.15) is 66.2 Å². The summed E-state index contributed by atoms with van der Waals surface area (Å²) in [4.78, 5) is 26.6. The molecule has 2 heterocycles. The lowest BCUT2D eigenvalue weighted by Gasteiger charge is -2.38. The number of ether oxygens (including phenoxy) is 1. The Morgan fingerprint density at radius 1 is 1.21 bits per heavy atom. The van der Waals surface area contributed by atoms with Crippen LogP contribution in [0.4, 0.5) is 0 Å². The number of likely N-dealkylation sites (tertiary alicyclic amines) is 1. The van der Waals surface area contributed by atoms with Crippen LogP contribution in [0.25, 0.3) is 0 Å². The van der Waals surface area contributed by atoms with Crippen molar-refractivity contribution in [2.24, 2.45) is 0 Å². The number of nitrogens with one attached hydrogen (secondary N) is 1. The van der Waals surface area contributed by atoms with E-state index in [1.165, 1.54) is 0 Å². The van der Waals surface area contributed by atoms with E-state index in [1.807, 2.05) is 62.1 Å². The minimum Gasteiger partial charge on any atom is -0.487 e. The van der Waals surface area contributed by atoms with Crippen molar-refractivity contribution in [2.45, 2.75) is 58.2 Å². The molecule has 2 aromatic rings. The number of nitrogens with zero attached hydrogens (tertiary/aromatic N) is 1. The third kappa shape index (κ3) is 4.29. The van der Waals surface area contributed by atoms with Gasteiger partial charge in [-0.25, -0.2) is 0 Å². The van der Waals surface area contributed by atoms with Crippen molar-refractivity contribution in [3.05, 3.63) is 64.7 Å². The monoisotopic (exact) mass is 392 g/mol. The summed E-state index contributed by atoms with van der Waals surface area (Å²) >= 11 is 0. The molecule has 2 aliphatic rings. The smallest absolute Gasteiger partial charge is 0.251 e. The van der Waals surface area contributed by atoms with E-state index >= 15 is 0 Å². The van der Waals surface area contributed by atoms with E-state index in [1.54, 1.807) is 0 Å². The van der Waals surface area contributed by atoms with Crippen LogP contribution < -0.4 is 10.1 Å². The maximum Gasteiger partial charge on any atom is 0.251 e. The minimum absolute atomic E-state index is 0.0936. The molecule has 0 aromatic heterocycles. The van der Waals surface area contributed by atoms with Gasteiger partial charge in [-0.1, -0.05) is 29.8 Å². The highest BCUT2D eigenvalue weighted by atomic mass is 16.5. The minimum atomic E-state index is -0.341. The first-order chi connectivity index (χ1) is 13.8. The number of amides is 2. The van der Waals surface area contributed by atoms with E-state index in [9.17, 15) is 9.59 Å². The Bertz CT molecular complexity index is 934. The van der Waals surface area contributed by atoms with Gasteiger partial charge in [0.15, 0.2) is 0 Å². The molecule has 1 fully saturated rings. The van der Waals surface area contributed by atoms with Crippen LogP contribution in [0.15, 0.2) is 42.5 Å². The van der Waals surface area contributed by atoms with Crippen LogP contribution in [0, 0.1) is 6.92 Å². The molecule has 0 radical (unpaired) electrons. The summed E-state index contributed by atoms with van der Waals surface area (Å²) in [5.41, 5.74) is 3.51. The van der Waals surface area contributed by atoms with Crippen LogP contribution in [-0.4, -0.2) is 28.9 Å². The molecular weight excluding hydrogens is 364 g/mol. The van der Waals surface area contributed by atoms with E-state index in [-0.39, 0.29) is 23.5 Å². The number of hydrogen-bond donors (Lipinski definition) is 1. The highest BCUT2D eigenvalue weighted by Gasteiger charge is 2.34. The highest BCUT2D eigenvalue weighted by Crippen LogP contribution is 2.40. The number of rotatable bonds is 4.